The Labute approximate surface area is 348 Å². The summed E-state index contributed by atoms with van der Waals surface area (Å²) in [4.78, 5) is 16.3. The van der Waals surface area contributed by atoms with Crippen LogP contribution in [-0.4, -0.2) is 19.5 Å². The van der Waals surface area contributed by atoms with Gasteiger partial charge < -0.3 is 13.4 Å². The van der Waals surface area contributed by atoms with Gasteiger partial charge in [0, 0.05) is 43.4 Å². The Kier molecular flexibility index (Phi) is 7.21. The molecule has 0 radical (unpaired) electrons. The lowest BCUT2D eigenvalue weighted by Gasteiger charge is -2.16. The van der Waals surface area contributed by atoms with Crippen LogP contribution in [0.1, 0.15) is 0 Å². The van der Waals surface area contributed by atoms with Gasteiger partial charge in [0.05, 0.1) is 22.3 Å². The van der Waals surface area contributed by atoms with Crippen LogP contribution in [0, 0.1) is 0 Å². The third kappa shape index (κ3) is 5.19. The van der Waals surface area contributed by atoms with Gasteiger partial charge in [-0.3, -0.25) is 0 Å². The van der Waals surface area contributed by atoms with Crippen LogP contribution in [0.15, 0.2) is 203 Å². The highest BCUT2D eigenvalue weighted by Gasteiger charge is 2.25. The van der Waals surface area contributed by atoms with Crippen LogP contribution in [0.25, 0.3) is 127 Å². The fourth-order valence-electron chi connectivity index (χ4n) is 9.30. The number of nitrogens with zero attached hydrogens (tertiary/aromatic N) is 4. The fraction of sp³-hybridized carbons (Fsp3) is 0. The summed E-state index contributed by atoms with van der Waals surface area (Å²) in [7, 11) is 0. The molecule has 0 N–H and O–H groups in total. The Bertz CT molecular complexity index is 3900. The maximum atomic E-state index is 6.62. The first-order valence-corrected chi connectivity index (χ1v) is 20.4. The highest BCUT2D eigenvalue weighted by Crippen LogP contribution is 2.44. The first-order chi connectivity index (χ1) is 30.2. The molecule has 6 nitrogen and oxygen atoms in total. The van der Waals surface area contributed by atoms with Crippen molar-refractivity contribution in [3.05, 3.63) is 194 Å². The van der Waals surface area contributed by atoms with Crippen LogP contribution in [0.3, 0.4) is 0 Å². The van der Waals surface area contributed by atoms with Crippen molar-refractivity contribution in [3.8, 4) is 51.0 Å². The van der Waals surface area contributed by atoms with Gasteiger partial charge in [-0.2, -0.15) is 0 Å². The van der Waals surface area contributed by atoms with Crippen molar-refractivity contribution in [2.45, 2.75) is 0 Å². The largest absolute Gasteiger partial charge is 0.456 e. The number of aromatic nitrogens is 4. The lowest BCUT2D eigenvalue weighted by atomic mass is 10.0. The molecule has 6 heteroatoms. The summed E-state index contributed by atoms with van der Waals surface area (Å²) in [6.07, 6.45) is 0. The number of para-hydroxylation sites is 3. The Hall–Kier alpha value is -8.35. The summed E-state index contributed by atoms with van der Waals surface area (Å²) in [6, 6.07) is 67.4. The van der Waals surface area contributed by atoms with Crippen molar-refractivity contribution in [2.75, 3.05) is 0 Å². The van der Waals surface area contributed by atoms with Crippen LogP contribution in [0.5, 0.6) is 0 Å². The third-order valence-electron chi connectivity index (χ3n) is 12.0. The van der Waals surface area contributed by atoms with Gasteiger partial charge in [-0.1, -0.05) is 140 Å². The van der Waals surface area contributed by atoms with Crippen LogP contribution < -0.4 is 0 Å². The second kappa shape index (κ2) is 13.1. The van der Waals surface area contributed by atoms with Gasteiger partial charge in [0.25, 0.3) is 0 Å². The first-order valence-electron chi connectivity index (χ1n) is 20.4. The van der Waals surface area contributed by atoms with Gasteiger partial charge in [0.1, 0.15) is 22.3 Å². The molecule has 13 aromatic rings. The standard InChI is InChI=1S/C55H32N4O2/c1-2-14-33(15-3-1)34-18-12-19-37(30-34)53-56-54(41-23-13-27-48-50(41)39-21-7-10-25-46(39)60-48)58-55(57-53)52-44(28-29-49-51(52)40-22-8-11-26-47(40)61-49)59-43-24-9-6-20-38(43)42-31-35-16-4-5-17-36(35)32-45(42)59/h1-32H. The second-order valence-electron chi connectivity index (χ2n) is 15.5. The van der Waals surface area contributed by atoms with Crippen molar-refractivity contribution in [2.24, 2.45) is 0 Å². The average Bonchev–Trinajstić information content (AvgIpc) is 4.00. The molecule has 4 heterocycles. The van der Waals surface area contributed by atoms with Crippen LogP contribution in [0.2, 0.25) is 0 Å². The predicted octanol–water partition coefficient (Wildman–Crippen LogP) is 14.6. The topological polar surface area (TPSA) is 69.9 Å². The quantitative estimate of drug-likeness (QED) is 0.174. The van der Waals surface area contributed by atoms with E-state index in [1.807, 2.05) is 48.5 Å². The molecule has 284 valence electrons. The van der Waals surface area contributed by atoms with Crippen molar-refractivity contribution < 1.29 is 8.83 Å². The Balaban J connectivity index is 1.17. The van der Waals surface area contributed by atoms with Crippen molar-refractivity contribution in [1.82, 2.24) is 19.5 Å². The van der Waals surface area contributed by atoms with Gasteiger partial charge >= 0.3 is 0 Å². The van der Waals surface area contributed by atoms with Crippen molar-refractivity contribution in [3.63, 3.8) is 0 Å². The number of fused-ring (bicyclic) bond motifs is 10. The normalized spacial score (nSPS) is 11.9. The zero-order valence-corrected chi connectivity index (χ0v) is 32.6. The maximum Gasteiger partial charge on any atom is 0.166 e. The molecule has 0 bridgehead atoms. The Morgan fingerprint density at radius 3 is 1.75 bits per heavy atom. The molecule has 0 aliphatic rings. The lowest BCUT2D eigenvalue weighted by molar-refractivity contribution is 0.668. The molecule has 9 aromatic carbocycles. The molecule has 0 aliphatic heterocycles. The summed E-state index contributed by atoms with van der Waals surface area (Å²) >= 11 is 0. The molecule has 0 unspecified atom stereocenters. The fourth-order valence-corrected chi connectivity index (χ4v) is 9.30. The van der Waals surface area contributed by atoms with Gasteiger partial charge in [0.15, 0.2) is 17.5 Å². The third-order valence-corrected chi connectivity index (χ3v) is 12.0. The highest BCUT2D eigenvalue weighted by atomic mass is 16.3. The minimum atomic E-state index is 0.536. The van der Waals surface area contributed by atoms with E-state index in [1.54, 1.807) is 0 Å². The van der Waals surface area contributed by atoms with E-state index < -0.39 is 0 Å². The summed E-state index contributed by atoms with van der Waals surface area (Å²) in [5.41, 5.74) is 11.0. The molecule has 61 heavy (non-hydrogen) atoms. The van der Waals surface area contributed by atoms with E-state index in [0.29, 0.717) is 17.5 Å². The van der Waals surface area contributed by atoms with E-state index in [9.17, 15) is 0 Å². The summed E-state index contributed by atoms with van der Waals surface area (Å²) in [5.74, 6) is 1.64. The summed E-state index contributed by atoms with van der Waals surface area (Å²) in [5, 5.41) is 8.58. The molecule has 0 aliphatic carbocycles. The van der Waals surface area contributed by atoms with Gasteiger partial charge in [-0.15, -0.1) is 0 Å². The van der Waals surface area contributed by atoms with Crippen molar-refractivity contribution in [1.29, 1.82) is 0 Å². The molecule has 13 rings (SSSR count). The highest BCUT2D eigenvalue weighted by molar-refractivity contribution is 6.18. The second-order valence-corrected chi connectivity index (χ2v) is 15.5. The number of benzene rings is 9. The Morgan fingerprint density at radius 2 is 0.934 bits per heavy atom. The van der Waals surface area contributed by atoms with E-state index in [4.69, 9.17) is 23.8 Å². The zero-order chi connectivity index (χ0) is 40.0. The van der Waals surface area contributed by atoms with Crippen molar-refractivity contribution >= 4 is 76.5 Å². The van der Waals surface area contributed by atoms with E-state index in [2.05, 4.69) is 150 Å². The van der Waals surface area contributed by atoms with Crippen LogP contribution >= 0.6 is 0 Å². The minimum Gasteiger partial charge on any atom is -0.456 e. The van der Waals surface area contributed by atoms with Gasteiger partial charge in [0.2, 0.25) is 0 Å². The zero-order valence-electron chi connectivity index (χ0n) is 32.6. The number of furan rings is 2. The molecular weight excluding hydrogens is 749 g/mol. The predicted molar refractivity (Wildman–Crippen MR) is 248 cm³/mol. The molecule has 4 aromatic heterocycles. The molecule has 0 atom stereocenters. The van der Waals surface area contributed by atoms with Crippen LogP contribution in [-0.2, 0) is 0 Å². The molecule has 0 saturated heterocycles. The SMILES string of the molecule is c1ccc(-c2cccc(-c3nc(-c4cccc5oc6ccccc6c45)nc(-c4c(-n5c6ccccc6c6cc7ccccc7cc65)ccc5oc6ccccc6c45)n3)c2)cc1. The molecule has 0 saturated carbocycles. The molecule has 0 amide bonds. The van der Waals surface area contributed by atoms with E-state index in [0.717, 1.165) is 88.4 Å². The summed E-state index contributed by atoms with van der Waals surface area (Å²) in [6.45, 7) is 0. The smallest absolute Gasteiger partial charge is 0.166 e. The molecular formula is C55H32N4O2. The minimum absolute atomic E-state index is 0.536. The van der Waals surface area contributed by atoms with E-state index in [1.165, 1.54) is 21.5 Å². The monoisotopic (exact) mass is 780 g/mol. The van der Waals surface area contributed by atoms with Gasteiger partial charge in [-0.05, 0) is 76.5 Å². The average molecular weight is 781 g/mol. The number of hydrogen-bond donors (Lipinski definition) is 0. The van der Waals surface area contributed by atoms with Crippen LogP contribution in [0.4, 0.5) is 0 Å². The van der Waals surface area contributed by atoms with E-state index in [-0.39, 0.29) is 0 Å². The lowest BCUT2D eigenvalue weighted by Crippen LogP contribution is -2.04. The maximum absolute atomic E-state index is 6.62. The van der Waals surface area contributed by atoms with E-state index >= 15 is 0 Å². The first kappa shape index (κ1) is 33.6. The number of hydrogen-bond acceptors (Lipinski definition) is 5. The Morgan fingerprint density at radius 1 is 0.344 bits per heavy atom. The molecule has 0 fully saturated rings. The number of rotatable bonds is 5. The molecule has 0 spiro atoms. The summed E-state index contributed by atoms with van der Waals surface area (Å²) < 4.78 is 15.4. The van der Waals surface area contributed by atoms with Gasteiger partial charge in [-0.25, -0.2) is 15.0 Å².